The number of carbonyl (C=O) groups is 1. The molecule has 1 saturated heterocycles. The lowest BCUT2D eigenvalue weighted by atomic mass is 9.78. The van der Waals surface area contributed by atoms with Crippen LogP contribution >= 0.6 is 0 Å². The molecule has 1 aliphatic heterocycles. The van der Waals surface area contributed by atoms with Gasteiger partial charge in [0.15, 0.2) is 0 Å². The minimum atomic E-state index is -0.676. The Morgan fingerprint density at radius 3 is 2.60 bits per heavy atom. The maximum atomic E-state index is 11.9. The molecule has 0 spiro atoms. The van der Waals surface area contributed by atoms with Crippen LogP contribution in [0.3, 0.4) is 0 Å². The van der Waals surface area contributed by atoms with Crippen molar-refractivity contribution in [3.05, 3.63) is 0 Å². The Hall–Kier alpha value is -0.650. The molecule has 5 heteroatoms. The van der Waals surface area contributed by atoms with E-state index in [0.29, 0.717) is 13.1 Å². The lowest BCUT2D eigenvalue weighted by Gasteiger charge is -2.36. The average molecular weight is 283 g/mol. The lowest BCUT2D eigenvalue weighted by molar-refractivity contribution is -0.124. The molecule has 0 atom stereocenters. The summed E-state index contributed by atoms with van der Waals surface area (Å²) in [6.45, 7) is 6.84. The van der Waals surface area contributed by atoms with Crippen molar-refractivity contribution in [1.29, 1.82) is 0 Å². The molecule has 0 aromatic rings. The maximum absolute atomic E-state index is 11.9. The first-order chi connectivity index (χ1) is 9.61. The summed E-state index contributed by atoms with van der Waals surface area (Å²) in [7, 11) is 0. The second kappa shape index (κ2) is 7.38. The Bertz CT molecular complexity index is 308. The van der Waals surface area contributed by atoms with Crippen LogP contribution in [0.2, 0.25) is 0 Å². The molecular formula is C15H29N3O2. The minimum absolute atomic E-state index is 0.0398. The van der Waals surface area contributed by atoms with E-state index in [2.05, 4.69) is 22.5 Å². The summed E-state index contributed by atoms with van der Waals surface area (Å²) in [4.78, 5) is 14.1. The van der Waals surface area contributed by atoms with Gasteiger partial charge in [0.2, 0.25) is 5.91 Å². The average Bonchev–Trinajstić information content (AvgIpc) is 2.47. The van der Waals surface area contributed by atoms with Gasteiger partial charge in [-0.3, -0.25) is 9.69 Å². The quantitative estimate of drug-likeness (QED) is 0.681. The largest absolute Gasteiger partial charge is 0.388 e. The van der Waals surface area contributed by atoms with Gasteiger partial charge in [-0.25, -0.2) is 0 Å². The van der Waals surface area contributed by atoms with Crippen molar-refractivity contribution in [2.24, 2.45) is 5.92 Å². The van der Waals surface area contributed by atoms with Crippen LogP contribution in [0.1, 0.15) is 39.0 Å². The van der Waals surface area contributed by atoms with Crippen LogP contribution in [-0.4, -0.2) is 60.8 Å². The molecule has 116 valence electrons. The van der Waals surface area contributed by atoms with Crippen LogP contribution in [0.5, 0.6) is 0 Å². The van der Waals surface area contributed by atoms with E-state index in [4.69, 9.17) is 0 Å². The van der Waals surface area contributed by atoms with E-state index in [1.165, 1.54) is 6.42 Å². The second-order valence-electron chi connectivity index (χ2n) is 6.38. The number of aliphatic hydroxyl groups is 1. The zero-order valence-electron chi connectivity index (χ0n) is 12.7. The van der Waals surface area contributed by atoms with Crippen molar-refractivity contribution in [2.45, 2.75) is 44.6 Å². The summed E-state index contributed by atoms with van der Waals surface area (Å²) < 4.78 is 0. The number of carbonyl (C=O) groups excluding carboxylic acids is 1. The monoisotopic (exact) mass is 283 g/mol. The summed E-state index contributed by atoms with van der Waals surface area (Å²) in [5.74, 6) is 0.796. The van der Waals surface area contributed by atoms with Crippen LogP contribution in [0, 0.1) is 5.92 Å². The number of piperazine rings is 1. The van der Waals surface area contributed by atoms with Crippen molar-refractivity contribution < 1.29 is 9.90 Å². The van der Waals surface area contributed by atoms with Gasteiger partial charge in [-0.05, 0) is 31.6 Å². The molecule has 0 bridgehead atoms. The van der Waals surface area contributed by atoms with Crippen LogP contribution < -0.4 is 10.6 Å². The van der Waals surface area contributed by atoms with Crippen molar-refractivity contribution in [1.82, 2.24) is 15.5 Å². The highest BCUT2D eigenvalue weighted by Gasteiger charge is 2.32. The fourth-order valence-corrected chi connectivity index (χ4v) is 3.19. The molecule has 0 radical (unpaired) electrons. The third-order valence-electron chi connectivity index (χ3n) is 4.80. The highest BCUT2D eigenvalue weighted by atomic mass is 16.3. The molecule has 0 aromatic heterocycles. The van der Waals surface area contributed by atoms with Gasteiger partial charge in [-0.2, -0.15) is 0 Å². The van der Waals surface area contributed by atoms with Crippen molar-refractivity contribution in [2.75, 3.05) is 39.3 Å². The van der Waals surface area contributed by atoms with Crippen LogP contribution in [0.15, 0.2) is 0 Å². The van der Waals surface area contributed by atoms with Crippen molar-refractivity contribution >= 4 is 5.91 Å². The van der Waals surface area contributed by atoms with Gasteiger partial charge in [0.05, 0.1) is 12.1 Å². The first kappa shape index (κ1) is 15.7. The molecule has 3 N–H and O–H groups in total. The van der Waals surface area contributed by atoms with Gasteiger partial charge < -0.3 is 15.7 Å². The van der Waals surface area contributed by atoms with Gasteiger partial charge in [0.1, 0.15) is 0 Å². The van der Waals surface area contributed by atoms with Crippen LogP contribution in [0.4, 0.5) is 0 Å². The Kier molecular flexibility index (Phi) is 5.81. The Morgan fingerprint density at radius 2 is 2.00 bits per heavy atom. The lowest BCUT2D eigenvalue weighted by Crippen LogP contribution is -2.50. The molecule has 1 saturated carbocycles. The fraction of sp³-hybridized carbons (Fsp3) is 0.933. The number of hydrogen-bond donors (Lipinski definition) is 3. The van der Waals surface area contributed by atoms with Crippen molar-refractivity contribution in [3.8, 4) is 0 Å². The molecule has 0 unspecified atom stereocenters. The Morgan fingerprint density at radius 1 is 1.35 bits per heavy atom. The highest BCUT2D eigenvalue weighted by molar-refractivity contribution is 5.78. The zero-order valence-corrected chi connectivity index (χ0v) is 12.7. The first-order valence-corrected chi connectivity index (χ1v) is 8.03. The molecule has 1 aliphatic carbocycles. The number of nitrogens with one attached hydrogen (secondary N) is 2. The normalized spacial score (nSPS) is 32.0. The third kappa shape index (κ3) is 4.72. The third-order valence-corrected chi connectivity index (χ3v) is 4.80. The first-order valence-electron chi connectivity index (χ1n) is 8.03. The fourth-order valence-electron chi connectivity index (χ4n) is 3.19. The number of rotatable bonds is 5. The molecule has 5 nitrogen and oxygen atoms in total. The standard InChI is InChI=1S/C15H29N3O2/c1-2-13-3-5-15(20,6-4-13)12-17-14(19)11-18-9-7-16-8-10-18/h13,16,20H,2-12H2,1H3,(H,17,19). The number of amides is 1. The molecular weight excluding hydrogens is 254 g/mol. The minimum Gasteiger partial charge on any atom is -0.388 e. The molecule has 1 heterocycles. The molecule has 20 heavy (non-hydrogen) atoms. The molecule has 0 aromatic carbocycles. The van der Waals surface area contributed by atoms with E-state index in [-0.39, 0.29) is 5.91 Å². The van der Waals surface area contributed by atoms with Gasteiger partial charge in [0.25, 0.3) is 0 Å². The summed E-state index contributed by atoms with van der Waals surface area (Å²) in [6.07, 6.45) is 5.01. The smallest absolute Gasteiger partial charge is 0.234 e. The molecule has 2 rings (SSSR count). The molecule has 2 aliphatic rings. The molecule has 1 amide bonds. The van der Waals surface area contributed by atoms with Gasteiger partial charge in [-0.15, -0.1) is 0 Å². The molecule has 2 fully saturated rings. The predicted octanol–water partition coefficient (Wildman–Crippen LogP) is 0.339. The zero-order chi connectivity index (χ0) is 14.4. The van der Waals surface area contributed by atoms with E-state index < -0.39 is 5.60 Å². The van der Waals surface area contributed by atoms with E-state index in [0.717, 1.165) is 57.8 Å². The summed E-state index contributed by atoms with van der Waals surface area (Å²) in [5.41, 5.74) is -0.676. The van der Waals surface area contributed by atoms with Gasteiger partial charge >= 0.3 is 0 Å². The SMILES string of the molecule is CCC1CCC(O)(CNC(=O)CN2CCNCC2)CC1. The number of hydrogen-bond acceptors (Lipinski definition) is 4. The van der Waals surface area contributed by atoms with Gasteiger partial charge in [0, 0.05) is 32.7 Å². The van der Waals surface area contributed by atoms with Crippen LogP contribution in [0.25, 0.3) is 0 Å². The predicted molar refractivity (Wildman–Crippen MR) is 79.5 cm³/mol. The Balaban J connectivity index is 1.67. The maximum Gasteiger partial charge on any atom is 0.234 e. The van der Waals surface area contributed by atoms with E-state index in [1.54, 1.807) is 0 Å². The Labute approximate surface area is 122 Å². The summed E-state index contributed by atoms with van der Waals surface area (Å²) >= 11 is 0. The van der Waals surface area contributed by atoms with E-state index >= 15 is 0 Å². The van der Waals surface area contributed by atoms with E-state index in [1.807, 2.05) is 0 Å². The second-order valence-corrected chi connectivity index (χ2v) is 6.38. The van der Waals surface area contributed by atoms with E-state index in [9.17, 15) is 9.90 Å². The number of nitrogens with zero attached hydrogens (tertiary/aromatic N) is 1. The highest BCUT2D eigenvalue weighted by Crippen LogP contribution is 2.33. The summed E-state index contributed by atoms with van der Waals surface area (Å²) in [5, 5.41) is 16.7. The summed E-state index contributed by atoms with van der Waals surface area (Å²) in [6, 6.07) is 0. The van der Waals surface area contributed by atoms with Crippen molar-refractivity contribution in [3.63, 3.8) is 0 Å². The van der Waals surface area contributed by atoms with Crippen LogP contribution in [-0.2, 0) is 4.79 Å². The van der Waals surface area contributed by atoms with Gasteiger partial charge in [-0.1, -0.05) is 13.3 Å². The topological polar surface area (TPSA) is 64.6 Å².